The molecule has 0 aliphatic heterocycles. The summed E-state index contributed by atoms with van der Waals surface area (Å²) < 4.78 is 18.3. The molecule has 0 aromatic heterocycles. The molecule has 1 rings (SSSR count). The smallest absolute Gasteiger partial charge is 0.224 e. The third-order valence-electron chi connectivity index (χ3n) is 2.72. The highest BCUT2D eigenvalue weighted by Crippen LogP contribution is 2.18. The summed E-state index contributed by atoms with van der Waals surface area (Å²) in [5.41, 5.74) is 0.658. The average molecular weight is 275 g/mol. The third kappa shape index (κ3) is 4.25. The van der Waals surface area contributed by atoms with E-state index in [1.165, 1.54) is 24.1 Å². The van der Waals surface area contributed by atoms with E-state index in [9.17, 15) is 9.18 Å². The predicted octanol–water partition coefficient (Wildman–Crippen LogP) is 1.64. The van der Waals surface area contributed by atoms with Crippen LogP contribution in [-0.4, -0.2) is 31.0 Å². The SMILES string of the molecule is COc1ccc(CCC(=O)N(CC#N)CC#N)cc1F. The standard InChI is InChI=1S/C14H14FN3O2/c1-20-13-4-2-11(10-12(13)15)3-5-14(19)18(8-6-16)9-7-17/h2,4,10H,3,5,8-9H2,1H3. The van der Waals surface area contributed by atoms with Crippen molar-refractivity contribution in [1.82, 2.24) is 4.90 Å². The number of nitriles is 2. The van der Waals surface area contributed by atoms with Crippen molar-refractivity contribution in [3.8, 4) is 17.9 Å². The number of halogens is 1. The molecule has 20 heavy (non-hydrogen) atoms. The number of amides is 1. The quantitative estimate of drug-likeness (QED) is 0.739. The maximum absolute atomic E-state index is 13.5. The number of benzene rings is 1. The fraction of sp³-hybridized carbons (Fsp3) is 0.357. The zero-order chi connectivity index (χ0) is 15.0. The number of hydrogen-bond acceptors (Lipinski definition) is 4. The Morgan fingerprint density at radius 3 is 2.50 bits per heavy atom. The van der Waals surface area contributed by atoms with Crippen molar-refractivity contribution in [3.63, 3.8) is 0 Å². The van der Waals surface area contributed by atoms with Crippen LogP contribution in [0.2, 0.25) is 0 Å². The molecule has 5 nitrogen and oxygen atoms in total. The molecule has 0 N–H and O–H groups in total. The topological polar surface area (TPSA) is 77.1 Å². The van der Waals surface area contributed by atoms with E-state index in [1.54, 1.807) is 6.07 Å². The van der Waals surface area contributed by atoms with Crippen molar-refractivity contribution in [2.75, 3.05) is 20.2 Å². The van der Waals surface area contributed by atoms with Crippen LogP contribution in [0.15, 0.2) is 18.2 Å². The fourth-order valence-electron chi connectivity index (χ4n) is 1.68. The van der Waals surface area contributed by atoms with E-state index in [0.29, 0.717) is 12.0 Å². The van der Waals surface area contributed by atoms with Gasteiger partial charge in [0, 0.05) is 6.42 Å². The molecule has 0 saturated heterocycles. The number of aryl methyl sites for hydroxylation is 1. The molecule has 0 unspecified atom stereocenters. The second-order valence-electron chi connectivity index (χ2n) is 4.03. The summed E-state index contributed by atoms with van der Waals surface area (Å²) in [6.07, 6.45) is 0.461. The predicted molar refractivity (Wildman–Crippen MR) is 69.1 cm³/mol. The van der Waals surface area contributed by atoms with Gasteiger partial charge in [-0.1, -0.05) is 6.07 Å². The van der Waals surface area contributed by atoms with Gasteiger partial charge in [-0.25, -0.2) is 4.39 Å². The van der Waals surface area contributed by atoms with Crippen LogP contribution in [0, 0.1) is 28.5 Å². The summed E-state index contributed by atoms with van der Waals surface area (Å²) in [5, 5.41) is 17.1. The monoisotopic (exact) mass is 275 g/mol. The lowest BCUT2D eigenvalue weighted by Crippen LogP contribution is -2.31. The van der Waals surface area contributed by atoms with Crippen LogP contribution in [0.25, 0.3) is 0 Å². The Balaban J connectivity index is 2.62. The van der Waals surface area contributed by atoms with E-state index >= 15 is 0 Å². The van der Waals surface area contributed by atoms with Gasteiger partial charge in [-0.15, -0.1) is 0 Å². The molecule has 104 valence electrons. The second-order valence-corrected chi connectivity index (χ2v) is 4.03. The van der Waals surface area contributed by atoms with Crippen LogP contribution >= 0.6 is 0 Å². The van der Waals surface area contributed by atoms with Gasteiger partial charge >= 0.3 is 0 Å². The van der Waals surface area contributed by atoms with Gasteiger partial charge in [0.2, 0.25) is 5.91 Å². The molecule has 1 amide bonds. The van der Waals surface area contributed by atoms with Crippen molar-refractivity contribution >= 4 is 5.91 Å². The Morgan fingerprint density at radius 2 is 2.00 bits per heavy atom. The third-order valence-corrected chi connectivity index (χ3v) is 2.72. The Hall–Kier alpha value is -2.60. The number of nitrogens with zero attached hydrogens (tertiary/aromatic N) is 3. The van der Waals surface area contributed by atoms with Gasteiger partial charge in [0.25, 0.3) is 0 Å². The highest BCUT2D eigenvalue weighted by Gasteiger charge is 2.13. The highest BCUT2D eigenvalue weighted by atomic mass is 19.1. The minimum atomic E-state index is -0.483. The molecule has 0 saturated carbocycles. The highest BCUT2D eigenvalue weighted by molar-refractivity contribution is 5.77. The summed E-state index contributed by atoms with van der Waals surface area (Å²) in [6, 6.07) is 8.15. The molecule has 0 spiro atoms. The number of carbonyl (C=O) groups is 1. The van der Waals surface area contributed by atoms with Crippen molar-refractivity contribution in [2.45, 2.75) is 12.8 Å². The maximum Gasteiger partial charge on any atom is 0.224 e. The van der Waals surface area contributed by atoms with Crippen molar-refractivity contribution in [2.24, 2.45) is 0 Å². The van der Waals surface area contributed by atoms with Crippen molar-refractivity contribution < 1.29 is 13.9 Å². The zero-order valence-electron chi connectivity index (χ0n) is 11.1. The van der Waals surface area contributed by atoms with Gasteiger partial charge in [0.1, 0.15) is 13.1 Å². The fourth-order valence-corrected chi connectivity index (χ4v) is 1.68. The number of rotatable bonds is 6. The number of carbonyl (C=O) groups excluding carboxylic acids is 1. The van der Waals surface area contributed by atoms with E-state index in [4.69, 9.17) is 15.3 Å². The maximum atomic E-state index is 13.5. The molecule has 0 radical (unpaired) electrons. The molecule has 1 aromatic rings. The summed E-state index contributed by atoms with van der Waals surface area (Å²) in [7, 11) is 1.38. The first-order valence-corrected chi connectivity index (χ1v) is 5.96. The Kier molecular flexibility index (Phi) is 5.99. The minimum absolute atomic E-state index is 0.120. The molecule has 1 aromatic carbocycles. The molecule has 0 aliphatic carbocycles. The summed E-state index contributed by atoms with van der Waals surface area (Å²) in [6.45, 7) is -0.243. The Labute approximate surface area is 116 Å². The van der Waals surface area contributed by atoms with Crippen molar-refractivity contribution in [3.05, 3.63) is 29.6 Å². The number of hydrogen-bond donors (Lipinski definition) is 0. The molecular formula is C14H14FN3O2. The first kappa shape index (κ1) is 15.5. The normalized spacial score (nSPS) is 9.40. The first-order valence-electron chi connectivity index (χ1n) is 5.96. The molecule has 6 heteroatoms. The van der Waals surface area contributed by atoms with Crippen LogP contribution in [0.4, 0.5) is 4.39 Å². The lowest BCUT2D eigenvalue weighted by atomic mass is 10.1. The second kappa shape index (κ2) is 7.75. The van der Waals surface area contributed by atoms with Gasteiger partial charge in [-0.3, -0.25) is 4.79 Å². The lowest BCUT2D eigenvalue weighted by Gasteiger charge is -2.15. The van der Waals surface area contributed by atoms with Crippen LogP contribution in [0.1, 0.15) is 12.0 Å². The van der Waals surface area contributed by atoms with E-state index in [-0.39, 0.29) is 31.2 Å². The largest absolute Gasteiger partial charge is 0.494 e. The van der Waals surface area contributed by atoms with Gasteiger partial charge < -0.3 is 9.64 Å². The van der Waals surface area contributed by atoms with E-state index < -0.39 is 5.82 Å². The van der Waals surface area contributed by atoms with Gasteiger partial charge in [0.15, 0.2) is 11.6 Å². The molecule has 0 bridgehead atoms. The van der Waals surface area contributed by atoms with E-state index in [2.05, 4.69) is 0 Å². The zero-order valence-corrected chi connectivity index (χ0v) is 11.1. The van der Waals surface area contributed by atoms with Crippen LogP contribution < -0.4 is 4.74 Å². The number of methoxy groups -OCH3 is 1. The number of ether oxygens (including phenoxy) is 1. The Morgan fingerprint density at radius 1 is 1.35 bits per heavy atom. The van der Waals surface area contributed by atoms with Crippen LogP contribution in [0.3, 0.4) is 0 Å². The summed E-state index contributed by atoms with van der Waals surface area (Å²) in [5.74, 6) is -0.636. The van der Waals surface area contributed by atoms with Crippen molar-refractivity contribution in [1.29, 1.82) is 10.5 Å². The molecule has 0 atom stereocenters. The van der Waals surface area contributed by atoms with Crippen LogP contribution in [-0.2, 0) is 11.2 Å². The van der Waals surface area contributed by atoms with E-state index in [0.717, 1.165) is 0 Å². The summed E-state index contributed by atoms with van der Waals surface area (Å²) in [4.78, 5) is 13.0. The summed E-state index contributed by atoms with van der Waals surface area (Å²) >= 11 is 0. The molecule has 0 aliphatic rings. The minimum Gasteiger partial charge on any atom is -0.494 e. The van der Waals surface area contributed by atoms with Gasteiger partial charge in [0.05, 0.1) is 19.2 Å². The van der Waals surface area contributed by atoms with Gasteiger partial charge in [-0.05, 0) is 24.1 Å². The van der Waals surface area contributed by atoms with E-state index in [1.807, 2.05) is 12.1 Å². The van der Waals surface area contributed by atoms with Gasteiger partial charge in [-0.2, -0.15) is 10.5 Å². The lowest BCUT2D eigenvalue weighted by molar-refractivity contribution is -0.130. The Bertz CT molecular complexity index is 545. The molecule has 0 heterocycles. The molecule has 0 fully saturated rings. The molecular weight excluding hydrogens is 261 g/mol. The first-order chi connectivity index (χ1) is 9.62. The average Bonchev–Trinajstić information content (AvgIpc) is 2.44. The van der Waals surface area contributed by atoms with Crippen LogP contribution in [0.5, 0.6) is 5.75 Å².